The lowest BCUT2D eigenvalue weighted by molar-refractivity contribution is -0.148. The first-order valence-corrected chi connectivity index (χ1v) is 13.1. The Balaban J connectivity index is 1.77. The van der Waals surface area contributed by atoms with E-state index in [0.717, 1.165) is 32.1 Å². The molecule has 0 aromatic carbocycles. The number of rotatable bonds is 20. The van der Waals surface area contributed by atoms with Crippen LogP contribution in [0, 0.1) is 5.92 Å². The lowest BCUT2D eigenvalue weighted by atomic mass is 9.84. The number of hydrogen-bond acceptors (Lipinski definition) is 3. The Morgan fingerprint density at radius 1 is 0.767 bits per heavy atom. The number of esters is 1. The molecule has 0 aliphatic heterocycles. The van der Waals surface area contributed by atoms with Crippen LogP contribution in [0.3, 0.4) is 0 Å². The maximum atomic E-state index is 11.9. The zero-order chi connectivity index (χ0) is 21.9. The maximum Gasteiger partial charge on any atom is 0.328 e. The van der Waals surface area contributed by atoms with Gasteiger partial charge in [0.1, 0.15) is 6.04 Å². The molecule has 1 aliphatic carbocycles. The fourth-order valence-electron chi connectivity index (χ4n) is 4.01. The van der Waals surface area contributed by atoms with Gasteiger partial charge in [0.15, 0.2) is 0 Å². The normalized spacial score (nSPS) is 14.9. The van der Waals surface area contributed by atoms with Crippen molar-refractivity contribution in [2.45, 2.75) is 142 Å². The molecule has 0 spiro atoms. The second kappa shape index (κ2) is 18.7. The van der Waals surface area contributed by atoms with Gasteiger partial charge in [0.25, 0.3) is 0 Å². The van der Waals surface area contributed by atoms with Crippen molar-refractivity contribution in [2.24, 2.45) is 5.92 Å². The van der Waals surface area contributed by atoms with E-state index in [9.17, 15) is 9.59 Å². The van der Waals surface area contributed by atoms with Gasteiger partial charge in [-0.05, 0) is 26.2 Å². The van der Waals surface area contributed by atoms with Gasteiger partial charge in [0.2, 0.25) is 5.91 Å². The molecule has 176 valence electrons. The summed E-state index contributed by atoms with van der Waals surface area (Å²) in [7, 11) is 0. The van der Waals surface area contributed by atoms with Gasteiger partial charge in [0.05, 0.1) is 6.61 Å². The summed E-state index contributed by atoms with van der Waals surface area (Å²) in [6.07, 6.45) is 24.4. The van der Waals surface area contributed by atoms with E-state index in [-0.39, 0.29) is 17.8 Å². The van der Waals surface area contributed by atoms with Crippen molar-refractivity contribution in [3.63, 3.8) is 0 Å². The monoisotopic (exact) mass is 423 g/mol. The third kappa shape index (κ3) is 14.0. The van der Waals surface area contributed by atoms with Crippen molar-refractivity contribution >= 4 is 11.9 Å². The van der Waals surface area contributed by atoms with Crippen LogP contribution in [0.5, 0.6) is 0 Å². The first-order valence-electron chi connectivity index (χ1n) is 13.1. The number of nitrogens with one attached hydrogen (secondary N) is 1. The molecule has 1 rings (SSSR count). The van der Waals surface area contributed by atoms with E-state index in [1.807, 2.05) is 0 Å². The second-order valence-electron chi connectivity index (χ2n) is 9.33. The molecule has 1 saturated carbocycles. The Morgan fingerprint density at radius 3 is 1.60 bits per heavy atom. The van der Waals surface area contributed by atoms with E-state index in [2.05, 4.69) is 12.2 Å². The van der Waals surface area contributed by atoms with E-state index >= 15 is 0 Å². The van der Waals surface area contributed by atoms with Crippen LogP contribution in [-0.4, -0.2) is 24.5 Å². The van der Waals surface area contributed by atoms with Crippen LogP contribution in [0.4, 0.5) is 0 Å². The first-order chi connectivity index (χ1) is 14.6. The van der Waals surface area contributed by atoms with E-state index in [1.54, 1.807) is 6.92 Å². The van der Waals surface area contributed by atoms with E-state index in [0.29, 0.717) is 6.61 Å². The highest BCUT2D eigenvalue weighted by Gasteiger charge is 2.27. The lowest BCUT2D eigenvalue weighted by Crippen LogP contribution is -2.44. The molecule has 1 N–H and O–H groups in total. The lowest BCUT2D eigenvalue weighted by Gasteiger charge is -2.25. The largest absolute Gasteiger partial charge is 0.464 e. The van der Waals surface area contributed by atoms with E-state index in [1.165, 1.54) is 89.9 Å². The van der Waals surface area contributed by atoms with Gasteiger partial charge in [-0.1, -0.05) is 110 Å². The second-order valence-corrected chi connectivity index (χ2v) is 9.33. The number of hydrogen-bond donors (Lipinski definition) is 1. The summed E-state index contributed by atoms with van der Waals surface area (Å²) in [6, 6.07) is -0.529. The van der Waals surface area contributed by atoms with Gasteiger partial charge in [-0.2, -0.15) is 0 Å². The van der Waals surface area contributed by atoms with Crippen molar-refractivity contribution in [1.82, 2.24) is 5.32 Å². The molecule has 0 bridgehead atoms. The quantitative estimate of drug-likeness (QED) is 0.168. The third-order valence-corrected chi connectivity index (χ3v) is 6.43. The van der Waals surface area contributed by atoms with Crippen LogP contribution >= 0.6 is 0 Å². The van der Waals surface area contributed by atoms with Gasteiger partial charge in [-0.15, -0.1) is 0 Å². The predicted molar refractivity (Wildman–Crippen MR) is 125 cm³/mol. The Morgan fingerprint density at radius 2 is 1.20 bits per heavy atom. The fourth-order valence-corrected chi connectivity index (χ4v) is 4.01. The van der Waals surface area contributed by atoms with Crippen molar-refractivity contribution in [3.05, 3.63) is 0 Å². The summed E-state index contributed by atoms with van der Waals surface area (Å²) in [5.74, 6) is -0.183. The van der Waals surface area contributed by atoms with Gasteiger partial charge in [-0.25, -0.2) is 4.79 Å². The highest BCUT2D eigenvalue weighted by atomic mass is 16.5. The zero-order valence-electron chi connectivity index (χ0n) is 20.0. The third-order valence-electron chi connectivity index (χ3n) is 6.43. The van der Waals surface area contributed by atoms with Crippen LogP contribution in [0.2, 0.25) is 0 Å². The zero-order valence-corrected chi connectivity index (χ0v) is 20.0. The predicted octanol–water partition coefficient (Wildman–Crippen LogP) is 7.10. The summed E-state index contributed by atoms with van der Waals surface area (Å²) in [4.78, 5) is 23.8. The molecule has 0 aromatic heterocycles. The van der Waals surface area contributed by atoms with Crippen molar-refractivity contribution in [3.8, 4) is 0 Å². The van der Waals surface area contributed by atoms with Crippen LogP contribution in [0.1, 0.15) is 136 Å². The standard InChI is InChI=1S/C26H49NO3/c1-3-4-5-6-7-8-9-10-11-12-13-14-15-16-17-18-22-30-26(29)23(2)27-25(28)24-20-19-21-24/h23-24H,3-22H2,1-2H3,(H,27,28)/t23-/m0/s1. The summed E-state index contributed by atoms with van der Waals surface area (Å²) in [6.45, 7) is 4.46. The van der Waals surface area contributed by atoms with E-state index in [4.69, 9.17) is 4.74 Å². The average Bonchev–Trinajstić information content (AvgIpc) is 2.68. The first kappa shape index (κ1) is 27.0. The Bertz CT molecular complexity index is 434. The average molecular weight is 424 g/mol. The van der Waals surface area contributed by atoms with Crippen molar-refractivity contribution < 1.29 is 14.3 Å². The molecular formula is C26H49NO3. The molecular weight excluding hydrogens is 374 g/mol. The number of ether oxygens (including phenoxy) is 1. The van der Waals surface area contributed by atoms with Crippen LogP contribution in [-0.2, 0) is 14.3 Å². The molecule has 4 nitrogen and oxygen atoms in total. The molecule has 1 aliphatic rings. The number of unbranched alkanes of at least 4 members (excludes halogenated alkanes) is 15. The van der Waals surface area contributed by atoms with Crippen LogP contribution in [0.25, 0.3) is 0 Å². The number of amides is 1. The minimum absolute atomic E-state index is 0.00751. The van der Waals surface area contributed by atoms with Gasteiger partial charge < -0.3 is 10.1 Å². The number of carbonyl (C=O) groups is 2. The van der Waals surface area contributed by atoms with Gasteiger partial charge >= 0.3 is 5.97 Å². The van der Waals surface area contributed by atoms with Crippen molar-refractivity contribution in [1.29, 1.82) is 0 Å². The minimum atomic E-state index is -0.529. The molecule has 0 aromatic rings. The maximum absolute atomic E-state index is 11.9. The Hall–Kier alpha value is -1.06. The molecule has 0 radical (unpaired) electrons. The number of carbonyl (C=O) groups excluding carboxylic acids is 2. The molecule has 0 heterocycles. The van der Waals surface area contributed by atoms with E-state index < -0.39 is 6.04 Å². The topological polar surface area (TPSA) is 55.4 Å². The summed E-state index contributed by atoms with van der Waals surface area (Å²) in [5.41, 5.74) is 0. The van der Waals surface area contributed by atoms with Crippen LogP contribution < -0.4 is 5.32 Å². The molecule has 0 saturated heterocycles. The summed E-state index contributed by atoms with van der Waals surface area (Å²) < 4.78 is 5.30. The molecule has 1 amide bonds. The highest BCUT2D eigenvalue weighted by Crippen LogP contribution is 2.26. The molecule has 30 heavy (non-hydrogen) atoms. The minimum Gasteiger partial charge on any atom is -0.464 e. The van der Waals surface area contributed by atoms with Crippen molar-refractivity contribution in [2.75, 3.05) is 6.61 Å². The molecule has 4 heteroatoms. The fraction of sp³-hybridized carbons (Fsp3) is 0.923. The molecule has 1 fully saturated rings. The smallest absolute Gasteiger partial charge is 0.328 e. The Kier molecular flexibility index (Phi) is 16.8. The SMILES string of the molecule is CCCCCCCCCCCCCCCCCCOC(=O)[C@H](C)NC(=O)C1CCC1. The van der Waals surface area contributed by atoms with Crippen LogP contribution in [0.15, 0.2) is 0 Å². The summed E-state index contributed by atoms with van der Waals surface area (Å²) in [5, 5.41) is 2.77. The molecule has 0 unspecified atom stereocenters. The van der Waals surface area contributed by atoms with Gasteiger partial charge in [-0.3, -0.25) is 4.79 Å². The highest BCUT2D eigenvalue weighted by molar-refractivity contribution is 5.85. The Labute approximate surface area is 186 Å². The summed E-state index contributed by atoms with van der Waals surface area (Å²) >= 11 is 0. The molecule has 1 atom stereocenters. The van der Waals surface area contributed by atoms with Gasteiger partial charge in [0, 0.05) is 5.92 Å².